The molecule has 2 aromatic heterocycles. The number of rotatable bonds is 8. The van der Waals surface area contributed by atoms with Crippen LogP contribution in [0.3, 0.4) is 0 Å². The first-order valence-corrected chi connectivity index (χ1v) is 9.80. The molecule has 162 valence electrons. The Balaban J connectivity index is 1.62. The second-order valence-electron chi connectivity index (χ2n) is 6.88. The third kappa shape index (κ3) is 4.65. The summed E-state index contributed by atoms with van der Waals surface area (Å²) in [7, 11) is 0. The second kappa shape index (κ2) is 9.58. The zero-order valence-electron chi connectivity index (χ0n) is 17.1. The quantitative estimate of drug-likeness (QED) is 0.166. The van der Waals surface area contributed by atoms with Crippen molar-refractivity contribution in [3.8, 4) is 0 Å². The summed E-state index contributed by atoms with van der Waals surface area (Å²) in [6.07, 6.45) is 4.78. The van der Waals surface area contributed by atoms with Gasteiger partial charge in [0, 0.05) is 23.5 Å². The van der Waals surface area contributed by atoms with Crippen LogP contribution in [0.5, 0.6) is 0 Å². The Morgan fingerprint density at radius 3 is 2.72 bits per heavy atom. The van der Waals surface area contributed by atoms with E-state index >= 15 is 0 Å². The van der Waals surface area contributed by atoms with Crippen LogP contribution in [0.15, 0.2) is 84.4 Å². The summed E-state index contributed by atoms with van der Waals surface area (Å²) in [5.74, 6) is 5.09. The Bertz CT molecular complexity index is 1220. The molecule has 5 N–H and O–H groups in total. The molecule has 2 heterocycles. The number of nitrogens with one attached hydrogen (secondary N) is 1. The number of pyridine rings is 1. The number of hydrogen-bond donors (Lipinski definition) is 3. The second-order valence-corrected chi connectivity index (χ2v) is 6.88. The zero-order valence-corrected chi connectivity index (χ0v) is 17.1. The maximum absolute atomic E-state index is 13.2. The minimum atomic E-state index is -0.277. The van der Waals surface area contributed by atoms with Gasteiger partial charge in [-0.1, -0.05) is 35.2 Å². The van der Waals surface area contributed by atoms with Crippen molar-refractivity contribution in [3.05, 3.63) is 90.4 Å². The van der Waals surface area contributed by atoms with Gasteiger partial charge in [-0.15, -0.1) is 5.10 Å². The third-order valence-corrected chi connectivity index (χ3v) is 4.71. The summed E-state index contributed by atoms with van der Waals surface area (Å²) < 4.78 is 0. The van der Waals surface area contributed by atoms with Crippen molar-refractivity contribution in [2.45, 2.75) is 6.61 Å². The van der Waals surface area contributed by atoms with E-state index in [0.29, 0.717) is 17.9 Å². The molecule has 10 heteroatoms. The Hall–Kier alpha value is -4.44. The number of fused-ring (bicyclic) bond motifs is 1. The van der Waals surface area contributed by atoms with E-state index in [1.165, 1.54) is 15.9 Å². The lowest BCUT2D eigenvalue weighted by molar-refractivity contribution is 0.0795. The SMILES string of the molecule is NN/N=C(\N)CN(C(=O)c1cccnc1)c1ccc2c(cnn2OCc2ccccc2)c1. The maximum atomic E-state index is 13.2. The molecule has 0 saturated heterocycles. The molecule has 0 fully saturated rings. The number of nitrogens with zero attached hydrogens (tertiary/aromatic N) is 5. The van der Waals surface area contributed by atoms with Gasteiger partial charge in [-0.05, 0) is 35.9 Å². The summed E-state index contributed by atoms with van der Waals surface area (Å²) in [5, 5.41) is 8.87. The Morgan fingerprint density at radius 1 is 1.12 bits per heavy atom. The van der Waals surface area contributed by atoms with E-state index in [9.17, 15) is 4.79 Å². The highest BCUT2D eigenvalue weighted by atomic mass is 16.7. The van der Waals surface area contributed by atoms with Crippen LogP contribution < -0.4 is 26.8 Å². The molecule has 0 aliphatic heterocycles. The molecule has 0 aliphatic rings. The van der Waals surface area contributed by atoms with Crippen LogP contribution in [-0.4, -0.2) is 33.2 Å². The summed E-state index contributed by atoms with van der Waals surface area (Å²) in [5.41, 5.74) is 10.9. The molecule has 0 radical (unpaired) electrons. The predicted molar refractivity (Wildman–Crippen MR) is 121 cm³/mol. The summed E-state index contributed by atoms with van der Waals surface area (Å²) in [6, 6.07) is 18.7. The normalized spacial score (nSPS) is 11.3. The van der Waals surface area contributed by atoms with E-state index < -0.39 is 0 Å². The maximum Gasteiger partial charge on any atom is 0.260 e. The zero-order chi connectivity index (χ0) is 22.3. The molecule has 0 unspecified atom stereocenters. The molecular formula is C22H22N8O2. The number of aromatic nitrogens is 3. The third-order valence-electron chi connectivity index (χ3n) is 4.71. The Labute approximate surface area is 184 Å². The van der Waals surface area contributed by atoms with E-state index in [1.807, 2.05) is 42.5 Å². The Kier molecular flexibility index (Phi) is 6.23. The van der Waals surface area contributed by atoms with E-state index in [2.05, 4.69) is 20.7 Å². The number of amides is 1. The van der Waals surface area contributed by atoms with Gasteiger partial charge >= 0.3 is 0 Å². The largest absolute Gasteiger partial charge is 0.391 e. The summed E-state index contributed by atoms with van der Waals surface area (Å²) >= 11 is 0. The fraction of sp³-hybridized carbons (Fsp3) is 0.0909. The molecule has 32 heavy (non-hydrogen) atoms. The number of benzene rings is 2. The average Bonchev–Trinajstić information content (AvgIpc) is 3.24. The highest BCUT2D eigenvalue weighted by Gasteiger charge is 2.20. The van der Waals surface area contributed by atoms with Gasteiger partial charge < -0.3 is 15.5 Å². The van der Waals surface area contributed by atoms with Gasteiger partial charge in [0.2, 0.25) is 0 Å². The molecule has 0 saturated carbocycles. The minimum Gasteiger partial charge on any atom is -0.391 e. The molecule has 1 amide bonds. The van der Waals surface area contributed by atoms with Crippen LogP contribution in [0.4, 0.5) is 5.69 Å². The van der Waals surface area contributed by atoms with Gasteiger partial charge in [0.25, 0.3) is 5.91 Å². The number of amidine groups is 1. The van der Waals surface area contributed by atoms with Crippen LogP contribution in [0.25, 0.3) is 10.9 Å². The fourth-order valence-electron chi connectivity index (χ4n) is 3.18. The lowest BCUT2D eigenvalue weighted by Crippen LogP contribution is -2.40. The van der Waals surface area contributed by atoms with E-state index in [-0.39, 0.29) is 18.3 Å². The topological polar surface area (TPSA) is 137 Å². The van der Waals surface area contributed by atoms with Crippen molar-refractivity contribution < 1.29 is 9.63 Å². The molecule has 0 bridgehead atoms. The molecule has 4 aromatic rings. The van der Waals surface area contributed by atoms with Crippen molar-refractivity contribution in [1.29, 1.82) is 0 Å². The lowest BCUT2D eigenvalue weighted by Gasteiger charge is -2.22. The van der Waals surface area contributed by atoms with Crippen LogP contribution in [0, 0.1) is 0 Å². The molecule has 2 aromatic carbocycles. The van der Waals surface area contributed by atoms with Crippen LogP contribution in [-0.2, 0) is 6.61 Å². The van der Waals surface area contributed by atoms with Gasteiger partial charge in [0.15, 0.2) is 0 Å². The van der Waals surface area contributed by atoms with Gasteiger partial charge in [-0.2, -0.15) is 5.10 Å². The lowest BCUT2D eigenvalue weighted by atomic mass is 10.2. The van der Waals surface area contributed by atoms with Gasteiger partial charge in [-0.3, -0.25) is 9.78 Å². The molecular weight excluding hydrogens is 408 g/mol. The number of hydrogen-bond acceptors (Lipinski definition) is 7. The standard InChI is InChI=1S/C22H22N8O2/c23-21(27-28-24)14-29(22(31)17-7-4-10-25-12-17)19-8-9-20-18(11-19)13-26-30(20)32-15-16-5-2-1-3-6-16/h1-13,28H,14-15,24H2,(H2,23,27). The first-order valence-electron chi connectivity index (χ1n) is 9.80. The van der Waals surface area contributed by atoms with E-state index in [4.69, 9.17) is 16.4 Å². The Morgan fingerprint density at radius 2 is 1.97 bits per heavy atom. The van der Waals surface area contributed by atoms with E-state index in [0.717, 1.165) is 16.5 Å². The van der Waals surface area contributed by atoms with Gasteiger partial charge in [0.1, 0.15) is 18.0 Å². The van der Waals surface area contributed by atoms with Gasteiger partial charge in [0.05, 0.1) is 18.3 Å². The summed E-state index contributed by atoms with van der Waals surface area (Å²) in [6.45, 7) is 0.409. The van der Waals surface area contributed by atoms with Crippen molar-refractivity contribution in [2.24, 2.45) is 16.7 Å². The van der Waals surface area contributed by atoms with Crippen molar-refractivity contribution in [3.63, 3.8) is 0 Å². The van der Waals surface area contributed by atoms with E-state index in [1.54, 1.807) is 30.6 Å². The van der Waals surface area contributed by atoms with Crippen molar-refractivity contribution >= 4 is 28.3 Å². The number of anilines is 1. The predicted octanol–water partition coefficient (Wildman–Crippen LogP) is 1.44. The van der Waals surface area contributed by atoms with Crippen LogP contribution in [0.1, 0.15) is 15.9 Å². The van der Waals surface area contributed by atoms with Crippen molar-refractivity contribution in [2.75, 3.05) is 11.4 Å². The average molecular weight is 430 g/mol. The van der Waals surface area contributed by atoms with Gasteiger partial charge in [-0.25, -0.2) is 11.4 Å². The number of hydrazine groups is 1. The van der Waals surface area contributed by atoms with Crippen LogP contribution in [0.2, 0.25) is 0 Å². The number of nitrogens with two attached hydrogens (primary N) is 2. The molecule has 0 atom stereocenters. The number of hydrazone groups is 1. The van der Waals surface area contributed by atoms with Crippen molar-refractivity contribution in [1.82, 2.24) is 20.5 Å². The van der Waals surface area contributed by atoms with Crippen LogP contribution >= 0.6 is 0 Å². The highest BCUT2D eigenvalue weighted by molar-refractivity contribution is 6.09. The molecule has 10 nitrogen and oxygen atoms in total. The summed E-state index contributed by atoms with van der Waals surface area (Å²) in [4.78, 5) is 26.0. The first kappa shape index (κ1) is 20.8. The monoisotopic (exact) mass is 430 g/mol. The number of carbonyl (C=O) groups excluding carboxylic acids is 1. The molecule has 4 rings (SSSR count). The first-order chi connectivity index (χ1) is 15.7. The highest BCUT2D eigenvalue weighted by Crippen LogP contribution is 2.23. The smallest absolute Gasteiger partial charge is 0.260 e. The minimum absolute atomic E-state index is 0.0298. The fourth-order valence-corrected chi connectivity index (χ4v) is 3.18. The molecule has 0 spiro atoms. The molecule has 0 aliphatic carbocycles. The number of carbonyl (C=O) groups is 1.